The molecule has 0 radical (unpaired) electrons. The minimum absolute atomic E-state index is 0.380. The molecule has 13 aromatic rings. The van der Waals surface area contributed by atoms with Gasteiger partial charge in [0.05, 0.1) is 44.6 Å². The summed E-state index contributed by atoms with van der Waals surface area (Å²) in [7, 11) is 0. The first kappa shape index (κ1) is 34.1. The van der Waals surface area contributed by atoms with E-state index in [9.17, 15) is 10.5 Å². The van der Waals surface area contributed by atoms with E-state index in [2.05, 4.69) is 112 Å². The number of fused-ring (bicyclic) bond motifs is 12. The molecule has 0 saturated carbocycles. The normalized spacial score (nSPS) is 11.8. The standard InChI is InChI=1S/C56H30N4O2/c57-31-43-53(33-15-3-1-4-16-33)56(60-46-24-12-8-20-36(46)40-28-42-38-22-10-14-26-50(38)62-52(42)30-48(40)60)54(34-17-5-2-6-18-34)44(32-58)55(43)59-45-23-11-7-19-35(45)39-27-41-37-21-9-13-25-49(37)61-51(41)29-47(39)59/h1-30H. The minimum Gasteiger partial charge on any atom is -0.456 e. The van der Waals surface area contributed by atoms with Crippen molar-refractivity contribution in [2.45, 2.75) is 0 Å². The van der Waals surface area contributed by atoms with Crippen LogP contribution in [0.4, 0.5) is 0 Å². The Hall–Kier alpha value is -8.84. The molecule has 286 valence electrons. The second kappa shape index (κ2) is 12.8. The van der Waals surface area contributed by atoms with Crippen molar-refractivity contribution in [1.29, 1.82) is 10.5 Å². The highest BCUT2D eigenvalue weighted by Crippen LogP contribution is 2.50. The molecule has 62 heavy (non-hydrogen) atoms. The molecular weight excluding hydrogens is 761 g/mol. The van der Waals surface area contributed by atoms with Gasteiger partial charge in [0.2, 0.25) is 0 Å². The third kappa shape index (κ3) is 4.61. The summed E-state index contributed by atoms with van der Waals surface area (Å²) < 4.78 is 17.4. The van der Waals surface area contributed by atoms with Crippen molar-refractivity contribution in [3.05, 3.63) is 193 Å². The largest absolute Gasteiger partial charge is 0.456 e. The number of benzene rings is 9. The predicted molar refractivity (Wildman–Crippen MR) is 250 cm³/mol. The van der Waals surface area contributed by atoms with E-state index in [1.165, 1.54) is 0 Å². The number of furan rings is 2. The average Bonchev–Trinajstić information content (AvgIpc) is 4.06. The van der Waals surface area contributed by atoms with Crippen molar-refractivity contribution >= 4 is 87.5 Å². The highest BCUT2D eigenvalue weighted by Gasteiger charge is 2.32. The highest BCUT2D eigenvalue weighted by atomic mass is 16.3. The lowest BCUT2D eigenvalue weighted by atomic mass is 9.86. The number of hydrogen-bond donors (Lipinski definition) is 0. The first-order valence-corrected chi connectivity index (χ1v) is 20.5. The maximum Gasteiger partial charge on any atom is 0.137 e. The average molecular weight is 791 g/mol. The van der Waals surface area contributed by atoms with Crippen molar-refractivity contribution in [2.24, 2.45) is 0 Å². The third-order valence-corrected chi connectivity index (χ3v) is 12.6. The Bertz CT molecular complexity index is 4040. The van der Waals surface area contributed by atoms with E-state index < -0.39 is 0 Å². The van der Waals surface area contributed by atoms with Crippen LogP contribution >= 0.6 is 0 Å². The molecule has 0 spiro atoms. The molecule has 0 fully saturated rings. The molecule has 0 N–H and O–H groups in total. The Kier molecular flexibility index (Phi) is 7.05. The summed E-state index contributed by atoms with van der Waals surface area (Å²) in [6, 6.07) is 67.0. The molecule has 6 heteroatoms. The zero-order valence-corrected chi connectivity index (χ0v) is 32.9. The van der Waals surface area contributed by atoms with Crippen LogP contribution in [-0.4, -0.2) is 9.13 Å². The molecule has 0 bridgehead atoms. The second-order valence-corrected chi connectivity index (χ2v) is 15.8. The van der Waals surface area contributed by atoms with E-state index >= 15 is 0 Å². The zero-order valence-electron chi connectivity index (χ0n) is 32.9. The fourth-order valence-electron chi connectivity index (χ4n) is 10.0. The van der Waals surface area contributed by atoms with Gasteiger partial charge in [-0.2, -0.15) is 10.5 Å². The molecule has 13 rings (SSSR count). The van der Waals surface area contributed by atoms with Crippen LogP contribution in [0.1, 0.15) is 11.1 Å². The van der Waals surface area contributed by atoms with Crippen LogP contribution in [-0.2, 0) is 0 Å². The van der Waals surface area contributed by atoms with E-state index in [4.69, 9.17) is 8.83 Å². The van der Waals surface area contributed by atoms with Crippen molar-refractivity contribution in [1.82, 2.24) is 9.13 Å². The summed E-state index contributed by atoms with van der Waals surface area (Å²) in [6.07, 6.45) is 0. The lowest BCUT2D eigenvalue weighted by molar-refractivity contribution is 0.669. The van der Waals surface area contributed by atoms with E-state index in [0.29, 0.717) is 27.9 Å². The Labute approximate surface area is 353 Å². The van der Waals surface area contributed by atoms with Crippen LogP contribution < -0.4 is 0 Å². The maximum absolute atomic E-state index is 11.8. The number of nitrogens with zero attached hydrogens (tertiary/aromatic N) is 4. The first-order chi connectivity index (χ1) is 30.7. The Morgan fingerprint density at radius 1 is 0.323 bits per heavy atom. The molecule has 4 aromatic heterocycles. The topological polar surface area (TPSA) is 83.7 Å². The third-order valence-electron chi connectivity index (χ3n) is 12.6. The Morgan fingerprint density at radius 2 is 0.710 bits per heavy atom. The van der Waals surface area contributed by atoms with Crippen molar-refractivity contribution in [3.8, 4) is 45.8 Å². The monoisotopic (exact) mass is 790 g/mol. The summed E-state index contributed by atoms with van der Waals surface area (Å²) in [5.74, 6) is 0. The lowest BCUT2D eigenvalue weighted by Gasteiger charge is -2.25. The van der Waals surface area contributed by atoms with E-state index in [0.717, 1.165) is 104 Å². The van der Waals surface area contributed by atoms with Crippen molar-refractivity contribution in [3.63, 3.8) is 0 Å². The summed E-state index contributed by atoms with van der Waals surface area (Å²) >= 11 is 0. The van der Waals surface area contributed by atoms with Gasteiger partial charge in [0.25, 0.3) is 0 Å². The van der Waals surface area contributed by atoms with Crippen molar-refractivity contribution in [2.75, 3.05) is 0 Å². The molecule has 0 saturated heterocycles. The van der Waals surface area contributed by atoms with E-state index in [-0.39, 0.29) is 0 Å². The lowest BCUT2D eigenvalue weighted by Crippen LogP contribution is -2.11. The van der Waals surface area contributed by atoms with Gasteiger partial charge in [-0.1, -0.05) is 133 Å². The van der Waals surface area contributed by atoms with Crippen LogP contribution in [0.2, 0.25) is 0 Å². The molecule has 0 aliphatic rings. The number of rotatable bonds is 4. The molecular formula is C56H30N4O2. The van der Waals surface area contributed by atoms with E-state index in [1.54, 1.807) is 0 Å². The summed E-state index contributed by atoms with van der Waals surface area (Å²) in [5, 5.41) is 31.8. The zero-order chi connectivity index (χ0) is 41.1. The second-order valence-electron chi connectivity index (χ2n) is 15.8. The predicted octanol–water partition coefficient (Wildman–Crippen LogP) is 14.8. The fraction of sp³-hybridized carbons (Fsp3) is 0. The van der Waals surface area contributed by atoms with Crippen LogP contribution in [0.15, 0.2) is 191 Å². The van der Waals surface area contributed by atoms with Crippen molar-refractivity contribution < 1.29 is 8.83 Å². The van der Waals surface area contributed by atoms with Gasteiger partial charge < -0.3 is 18.0 Å². The number of aromatic nitrogens is 2. The summed E-state index contributed by atoms with van der Waals surface area (Å²) in [4.78, 5) is 0. The van der Waals surface area contributed by atoms with Gasteiger partial charge in [-0.25, -0.2) is 0 Å². The van der Waals surface area contributed by atoms with Gasteiger partial charge in [-0.3, -0.25) is 0 Å². The Morgan fingerprint density at radius 3 is 1.16 bits per heavy atom. The molecule has 0 aliphatic heterocycles. The van der Waals surface area contributed by atoms with Crippen LogP contribution in [0, 0.1) is 22.7 Å². The molecule has 4 heterocycles. The van der Waals surface area contributed by atoms with Gasteiger partial charge in [-0.15, -0.1) is 0 Å². The summed E-state index contributed by atoms with van der Waals surface area (Å²) in [5.41, 5.74) is 11.8. The quantitative estimate of drug-likeness (QED) is 0.178. The van der Waals surface area contributed by atoms with Crippen LogP contribution in [0.3, 0.4) is 0 Å². The molecule has 6 nitrogen and oxygen atoms in total. The molecule has 9 aromatic carbocycles. The van der Waals surface area contributed by atoms with Gasteiger partial charge >= 0.3 is 0 Å². The molecule has 0 amide bonds. The Balaban J connectivity index is 1.26. The highest BCUT2D eigenvalue weighted by molar-refractivity contribution is 6.20. The molecule has 0 unspecified atom stereocenters. The van der Waals surface area contributed by atoms with Gasteiger partial charge in [0, 0.05) is 66.3 Å². The minimum atomic E-state index is 0.380. The molecule has 0 aliphatic carbocycles. The smallest absolute Gasteiger partial charge is 0.137 e. The van der Waals surface area contributed by atoms with Crippen LogP contribution in [0.5, 0.6) is 0 Å². The number of para-hydroxylation sites is 4. The van der Waals surface area contributed by atoms with E-state index in [1.807, 2.05) is 91.0 Å². The summed E-state index contributed by atoms with van der Waals surface area (Å²) in [6.45, 7) is 0. The fourth-order valence-corrected chi connectivity index (χ4v) is 10.0. The maximum atomic E-state index is 11.8. The SMILES string of the molecule is N#Cc1c(-c2ccccc2)c(-n2c3ccccc3c3cc4c(cc32)oc2ccccc24)c(-c2ccccc2)c(C#N)c1-n1c2ccccc2c2cc3c(cc21)oc1ccccc13. The van der Waals surface area contributed by atoms with Gasteiger partial charge in [0.15, 0.2) is 0 Å². The number of hydrogen-bond acceptors (Lipinski definition) is 4. The first-order valence-electron chi connectivity index (χ1n) is 20.5. The van der Waals surface area contributed by atoms with Gasteiger partial charge in [-0.05, 0) is 47.5 Å². The molecule has 0 atom stereocenters. The number of nitriles is 2. The van der Waals surface area contributed by atoms with Gasteiger partial charge in [0.1, 0.15) is 34.5 Å². The van der Waals surface area contributed by atoms with Crippen LogP contribution in [0.25, 0.3) is 121 Å².